The molecule has 0 aliphatic heterocycles. The highest BCUT2D eigenvalue weighted by atomic mass is 31.2. The van der Waals surface area contributed by atoms with E-state index in [2.05, 4.69) is 59.7 Å². The first-order chi connectivity index (χ1) is 14.8. The lowest BCUT2D eigenvalue weighted by Gasteiger charge is -2.28. The molecule has 0 unspecified atom stereocenters. The van der Waals surface area contributed by atoms with Crippen LogP contribution in [0.4, 0.5) is 0 Å². The summed E-state index contributed by atoms with van der Waals surface area (Å²) in [5, 5.41) is 1.01. The average Bonchev–Trinajstić information content (AvgIpc) is 2.71. The van der Waals surface area contributed by atoms with Crippen LogP contribution >= 0.6 is 16.8 Å². The third-order valence-electron chi connectivity index (χ3n) is 5.63. The molecule has 0 radical (unpaired) electrons. The Bertz CT molecular complexity index is 1090. The molecule has 0 spiro atoms. The molecule has 0 aliphatic rings. The molecule has 32 heavy (non-hydrogen) atoms. The van der Waals surface area contributed by atoms with Gasteiger partial charge in [-0.1, -0.05) is 77.9 Å². The number of hydrogen-bond donors (Lipinski definition) is 4. The average molecular weight is 470 g/mol. The van der Waals surface area contributed by atoms with Crippen LogP contribution in [-0.4, -0.2) is 19.6 Å². The quantitative estimate of drug-likeness (QED) is 0.382. The highest BCUT2D eigenvalue weighted by Gasteiger charge is 2.25. The van der Waals surface area contributed by atoms with Crippen LogP contribution in [0, 0.1) is 0 Å². The number of rotatable bonds is 4. The molecule has 0 aliphatic carbocycles. The molecule has 3 aromatic carbocycles. The van der Waals surface area contributed by atoms with Crippen LogP contribution in [0.3, 0.4) is 0 Å². The first-order valence-electron chi connectivity index (χ1n) is 10.5. The summed E-state index contributed by atoms with van der Waals surface area (Å²) < 4.78 is 0. The van der Waals surface area contributed by atoms with Crippen LogP contribution in [-0.2, 0) is 10.8 Å². The van der Waals surface area contributed by atoms with Crippen molar-refractivity contribution < 1.29 is 19.6 Å². The molecule has 0 amide bonds. The van der Waals surface area contributed by atoms with Gasteiger partial charge in [0.2, 0.25) is 0 Å². The maximum absolute atomic E-state index is 10.2. The summed E-state index contributed by atoms with van der Waals surface area (Å²) in [6, 6.07) is 19.2. The van der Waals surface area contributed by atoms with Crippen molar-refractivity contribution in [3.05, 3.63) is 71.8 Å². The molecule has 0 fully saturated rings. The normalized spacial score (nSPS) is 12.6. The van der Waals surface area contributed by atoms with E-state index in [0.717, 1.165) is 27.8 Å². The summed E-state index contributed by atoms with van der Waals surface area (Å²) in [6.07, 6.45) is 0. The Hall–Kier alpha value is -1.64. The predicted molar refractivity (Wildman–Crippen MR) is 137 cm³/mol. The highest BCUT2D eigenvalue weighted by Crippen LogP contribution is 2.40. The van der Waals surface area contributed by atoms with Crippen molar-refractivity contribution in [2.24, 2.45) is 0 Å². The van der Waals surface area contributed by atoms with Crippen molar-refractivity contribution in [1.29, 1.82) is 0 Å². The Morgan fingerprint density at radius 1 is 0.562 bits per heavy atom. The van der Waals surface area contributed by atoms with E-state index >= 15 is 0 Å². The van der Waals surface area contributed by atoms with E-state index in [4.69, 9.17) is 0 Å². The molecule has 4 N–H and O–H groups in total. The summed E-state index contributed by atoms with van der Waals surface area (Å²) in [7, 11) is -4.40. The summed E-state index contributed by atoms with van der Waals surface area (Å²) in [5.74, 6) is 0. The Kier molecular flexibility index (Phi) is 7.27. The van der Waals surface area contributed by atoms with Crippen molar-refractivity contribution in [2.75, 3.05) is 0 Å². The standard InChI is InChI=1S/C26H32O4P2/c1-25(2,3)19-10-13-21(23(16-19)26(4,5)6)22-15-18(9-14-24(22)32(29)30)17-7-11-20(12-8-17)31(27)28/h7-16,27-30H,1-6H3. The number of hydrogen-bond acceptors (Lipinski definition) is 4. The molecule has 0 atom stereocenters. The van der Waals surface area contributed by atoms with Gasteiger partial charge < -0.3 is 19.6 Å². The molecule has 3 rings (SSSR count). The first kappa shape index (κ1) is 25.0. The molecule has 0 saturated carbocycles. The van der Waals surface area contributed by atoms with Gasteiger partial charge in [0.25, 0.3) is 0 Å². The monoisotopic (exact) mass is 470 g/mol. The Morgan fingerprint density at radius 3 is 1.66 bits per heavy atom. The zero-order valence-electron chi connectivity index (χ0n) is 19.5. The second kappa shape index (κ2) is 9.31. The van der Waals surface area contributed by atoms with Crippen molar-refractivity contribution in [2.45, 2.75) is 52.4 Å². The van der Waals surface area contributed by atoms with Gasteiger partial charge in [0, 0.05) is 10.6 Å². The van der Waals surface area contributed by atoms with E-state index in [1.807, 2.05) is 24.3 Å². The van der Waals surface area contributed by atoms with Crippen LogP contribution < -0.4 is 10.6 Å². The minimum atomic E-state index is -2.28. The Morgan fingerprint density at radius 2 is 1.16 bits per heavy atom. The van der Waals surface area contributed by atoms with E-state index < -0.39 is 16.8 Å². The molecule has 3 aromatic rings. The molecular weight excluding hydrogens is 438 g/mol. The highest BCUT2D eigenvalue weighted by molar-refractivity contribution is 7.54. The van der Waals surface area contributed by atoms with Gasteiger partial charge in [0.15, 0.2) is 16.8 Å². The van der Waals surface area contributed by atoms with E-state index in [0.29, 0.717) is 10.6 Å². The van der Waals surface area contributed by atoms with E-state index in [1.165, 1.54) is 5.56 Å². The van der Waals surface area contributed by atoms with Gasteiger partial charge in [0.05, 0.1) is 0 Å². The lowest BCUT2D eigenvalue weighted by atomic mass is 9.77. The fourth-order valence-electron chi connectivity index (χ4n) is 3.76. The van der Waals surface area contributed by atoms with E-state index in [9.17, 15) is 19.6 Å². The third-order valence-corrected chi connectivity index (χ3v) is 7.21. The fraction of sp³-hybridized carbons (Fsp3) is 0.308. The summed E-state index contributed by atoms with van der Waals surface area (Å²) >= 11 is 0. The van der Waals surface area contributed by atoms with Crippen molar-refractivity contribution in [1.82, 2.24) is 0 Å². The van der Waals surface area contributed by atoms with Crippen molar-refractivity contribution in [3.8, 4) is 22.3 Å². The van der Waals surface area contributed by atoms with E-state index in [1.54, 1.807) is 18.2 Å². The van der Waals surface area contributed by atoms with Crippen LogP contribution in [0.1, 0.15) is 52.7 Å². The maximum Gasteiger partial charge on any atom is 0.200 e. The van der Waals surface area contributed by atoms with Crippen molar-refractivity contribution >= 4 is 27.4 Å². The summed E-state index contributed by atoms with van der Waals surface area (Å²) in [5.41, 5.74) is 5.89. The van der Waals surface area contributed by atoms with Crippen LogP contribution in [0.25, 0.3) is 22.3 Å². The molecule has 6 heteroatoms. The first-order valence-corrected chi connectivity index (χ1v) is 13.0. The second-order valence-corrected chi connectivity index (χ2v) is 12.3. The molecule has 0 bridgehead atoms. The van der Waals surface area contributed by atoms with E-state index in [-0.39, 0.29) is 10.8 Å². The second-order valence-electron chi connectivity index (χ2n) is 10.1. The van der Waals surface area contributed by atoms with Crippen molar-refractivity contribution in [3.63, 3.8) is 0 Å². The SMILES string of the molecule is CC(C)(C)c1ccc(-c2cc(-c3ccc(P(O)O)cc3)ccc2P(O)O)c(C(C)(C)C)c1. The lowest BCUT2D eigenvalue weighted by Crippen LogP contribution is -2.18. The molecular formula is C26H32O4P2. The summed E-state index contributed by atoms with van der Waals surface area (Å²) in [4.78, 5) is 39.2. The zero-order chi connectivity index (χ0) is 23.8. The fourth-order valence-corrected chi connectivity index (χ4v) is 4.78. The molecule has 170 valence electrons. The van der Waals surface area contributed by atoms with Crippen LogP contribution in [0.5, 0.6) is 0 Å². The molecule has 4 nitrogen and oxygen atoms in total. The smallest absolute Gasteiger partial charge is 0.200 e. The van der Waals surface area contributed by atoms with Crippen LogP contribution in [0.2, 0.25) is 0 Å². The Labute approximate surface area is 193 Å². The predicted octanol–water partition coefficient (Wildman–Crippen LogP) is 5.46. The molecule has 0 saturated heterocycles. The third kappa shape index (κ3) is 5.46. The lowest BCUT2D eigenvalue weighted by molar-refractivity contribution is 0.495. The van der Waals surface area contributed by atoms with Gasteiger partial charge in [-0.25, -0.2) is 0 Å². The van der Waals surface area contributed by atoms with Gasteiger partial charge >= 0.3 is 0 Å². The van der Waals surface area contributed by atoms with Gasteiger partial charge in [-0.2, -0.15) is 0 Å². The zero-order valence-corrected chi connectivity index (χ0v) is 21.2. The molecule has 0 heterocycles. The Balaban J connectivity index is 2.23. The summed E-state index contributed by atoms with van der Waals surface area (Å²) in [6.45, 7) is 13.1. The molecule has 0 aromatic heterocycles. The van der Waals surface area contributed by atoms with Gasteiger partial charge in [-0.05, 0) is 68.5 Å². The topological polar surface area (TPSA) is 80.9 Å². The minimum Gasteiger partial charge on any atom is -0.347 e. The number of benzene rings is 3. The van der Waals surface area contributed by atoms with Gasteiger partial charge in [-0.15, -0.1) is 0 Å². The van der Waals surface area contributed by atoms with Gasteiger partial charge in [-0.3, -0.25) is 0 Å². The van der Waals surface area contributed by atoms with Gasteiger partial charge in [0.1, 0.15) is 0 Å². The maximum atomic E-state index is 10.2. The largest absolute Gasteiger partial charge is 0.347 e. The van der Waals surface area contributed by atoms with Crippen LogP contribution in [0.15, 0.2) is 60.7 Å². The minimum absolute atomic E-state index is 0.00431.